The number of hydrogen-bond donors (Lipinski definition) is 0. The molecular formula is C5HN3O2. The van der Waals surface area contributed by atoms with Crippen LogP contribution in [0.2, 0.25) is 0 Å². The third kappa shape index (κ3) is 0.884. The lowest BCUT2D eigenvalue weighted by atomic mass is 10.2. The third-order valence-electron chi connectivity index (χ3n) is 0.819. The van der Waals surface area contributed by atoms with Crippen LogP contribution in [0.3, 0.4) is 0 Å². The van der Waals surface area contributed by atoms with Crippen LogP contribution in [0.15, 0.2) is 17.0 Å². The normalized spacial score (nSPS) is 14.6. The summed E-state index contributed by atoms with van der Waals surface area (Å²) in [6.45, 7) is 0. The lowest BCUT2D eigenvalue weighted by Crippen LogP contribution is -2.04. The zero-order valence-electron chi connectivity index (χ0n) is 4.74. The van der Waals surface area contributed by atoms with Crippen LogP contribution in [-0.2, 0) is 9.88 Å². The van der Waals surface area contributed by atoms with Gasteiger partial charge in [-0.2, -0.15) is 15.5 Å². The molecule has 0 saturated heterocycles. The van der Waals surface area contributed by atoms with Crippen molar-refractivity contribution in [3.05, 3.63) is 11.8 Å². The molecule has 0 fully saturated rings. The van der Waals surface area contributed by atoms with E-state index < -0.39 is 0 Å². The minimum absolute atomic E-state index is 0.0637. The molecule has 0 unspecified atom stereocenters. The first-order chi connectivity index (χ1) is 4.88. The van der Waals surface area contributed by atoms with E-state index in [0.29, 0.717) is 0 Å². The molecule has 0 radical (unpaired) electrons. The highest BCUT2D eigenvalue weighted by molar-refractivity contribution is 6.13. The fraction of sp³-hybridized carbons (Fsp3) is 0. The first kappa shape index (κ1) is 6.12. The molecule has 1 aliphatic heterocycles. The Labute approximate surface area is 56.3 Å². The smallest absolute Gasteiger partial charge is 0.205 e. The van der Waals surface area contributed by atoms with E-state index in [-0.39, 0.29) is 11.3 Å². The SMILES string of the molecule is N#CC1=COON=C1C#N. The Hall–Kier alpha value is -2.01. The third-order valence-corrected chi connectivity index (χ3v) is 0.819. The van der Waals surface area contributed by atoms with Gasteiger partial charge < -0.3 is 0 Å². The van der Waals surface area contributed by atoms with Crippen LogP contribution < -0.4 is 0 Å². The van der Waals surface area contributed by atoms with Gasteiger partial charge in [0.15, 0.2) is 6.26 Å². The van der Waals surface area contributed by atoms with E-state index in [0.717, 1.165) is 6.26 Å². The van der Waals surface area contributed by atoms with Crippen LogP contribution in [0.4, 0.5) is 0 Å². The van der Waals surface area contributed by atoms with Crippen LogP contribution in [-0.4, -0.2) is 5.71 Å². The summed E-state index contributed by atoms with van der Waals surface area (Å²) >= 11 is 0. The summed E-state index contributed by atoms with van der Waals surface area (Å²) in [4.78, 5) is 8.22. The molecule has 0 N–H and O–H groups in total. The second-order valence-corrected chi connectivity index (χ2v) is 1.37. The minimum Gasteiger partial charge on any atom is -0.274 e. The van der Waals surface area contributed by atoms with Crippen molar-refractivity contribution in [2.45, 2.75) is 0 Å². The summed E-state index contributed by atoms with van der Waals surface area (Å²) in [5, 5.41) is 19.7. The van der Waals surface area contributed by atoms with Gasteiger partial charge in [0.1, 0.15) is 17.7 Å². The van der Waals surface area contributed by atoms with Crippen molar-refractivity contribution in [1.29, 1.82) is 10.5 Å². The molecule has 0 aromatic heterocycles. The van der Waals surface area contributed by atoms with Crippen molar-refractivity contribution in [2.24, 2.45) is 5.16 Å². The zero-order chi connectivity index (χ0) is 7.40. The van der Waals surface area contributed by atoms with Gasteiger partial charge in [-0.3, -0.25) is 4.89 Å². The lowest BCUT2D eigenvalue weighted by Gasteiger charge is -1.99. The molecule has 1 heterocycles. The average Bonchev–Trinajstić information content (AvgIpc) is 2.04. The maximum Gasteiger partial charge on any atom is 0.205 e. The predicted molar refractivity (Wildman–Crippen MR) is 28.9 cm³/mol. The van der Waals surface area contributed by atoms with Gasteiger partial charge in [0.2, 0.25) is 5.71 Å². The fourth-order valence-corrected chi connectivity index (χ4v) is 0.393. The second kappa shape index (κ2) is 2.51. The zero-order valence-corrected chi connectivity index (χ0v) is 4.74. The molecule has 1 rings (SSSR count). The van der Waals surface area contributed by atoms with Crippen LogP contribution in [0.1, 0.15) is 0 Å². The van der Waals surface area contributed by atoms with Gasteiger partial charge in [-0.15, -0.1) is 0 Å². The summed E-state index contributed by atoms with van der Waals surface area (Å²) in [5.74, 6) is 0. The quantitative estimate of drug-likeness (QED) is 0.445. The number of nitriles is 2. The number of oxime groups is 1. The van der Waals surface area contributed by atoms with Crippen molar-refractivity contribution >= 4 is 5.71 Å². The topological polar surface area (TPSA) is 78.4 Å². The van der Waals surface area contributed by atoms with Gasteiger partial charge in [-0.1, -0.05) is 0 Å². The molecule has 1 aliphatic rings. The summed E-state index contributed by atoms with van der Waals surface area (Å²) in [5.41, 5.74) is -0.0116. The van der Waals surface area contributed by atoms with E-state index in [2.05, 4.69) is 15.0 Å². The molecule has 0 aromatic rings. The monoisotopic (exact) mass is 135 g/mol. The Morgan fingerprint density at radius 2 is 2.20 bits per heavy atom. The summed E-state index contributed by atoms with van der Waals surface area (Å²) in [6.07, 6.45) is 1.02. The maximum atomic E-state index is 8.31. The number of hydrogen-bond acceptors (Lipinski definition) is 5. The highest BCUT2D eigenvalue weighted by atomic mass is 17.3. The molecule has 48 valence electrons. The Morgan fingerprint density at radius 3 is 2.70 bits per heavy atom. The van der Waals surface area contributed by atoms with Crippen molar-refractivity contribution in [3.8, 4) is 12.1 Å². The first-order valence-corrected chi connectivity index (χ1v) is 2.29. The molecule has 0 atom stereocenters. The number of allylic oxidation sites excluding steroid dienone is 1. The Bertz CT molecular complexity index is 248. The molecule has 5 heteroatoms. The average molecular weight is 135 g/mol. The van der Waals surface area contributed by atoms with Gasteiger partial charge in [0.25, 0.3) is 0 Å². The molecule has 5 nitrogen and oxygen atoms in total. The lowest BCUT2D eigenvalue weighted by molar-refractivity contribution is -0.252. The highest BCUT2D eigenvalue weighted by Crippen LogP contribution is 2.03. The molecule has 0 bridgehead atoms. The minimum atomic E-state index is -0.0752. The highest BCUT2D eigenvalue weighted by Gasteiger charge is 2.11. The van der Waals surface area contributed by atoms with Crippen molar-refractivity contribution in [1.82, 2.24) is 0 Å². The molecule has 10 heavy (non-hydrogen) atoms. The Balaban J connectivity index is 2.93. The van der Waals surface area contributed by atoms with Gasteiger partial charge in [-0.25, -0.2) is 0 Å². The maximum absolute atomic E-state index is 8.31. The van der Waals surface area contributed by atoms with Gasteiger partial charge in [0.05, 0.1) is 0 Å². The summed E-state index contributed by atoms with van der Waals surface area (Å²) in [7, 11) is 0. The van der Waals surface area contributed by atoms with E-state index in [1.54, 1.807) is 12.1 Å². The van der Waals surface area contributed by atoms with E-state index in [1.807, 2.05) is 0 Å². The van der Waals surface area contributed by atoms with Gasteiger partial charge in [0, 0.05) is 0 Å². The van der Waals surface area contributed by atoms with E-state index in [4.69, 9.17) is 10.5 Å². The largest absolute Gasteiger partial charge is 0.274 e. The Kier molecular flexibility index (Phi) is 1.54. The van der Waals surface area contributed by atoms with E-state index in [1.165, 1.54) is 0 Å². The molecule has 0 spiro atoms. The van der Waals surface area contributed by atoms with Crippen LogP contribution in [0.5, 0.6) is 0 Å². The van der Waals surface area contributed by atoms with Gasteiger partial charge in [-0.05, 0) is 5.16 Å². The first-order valence-electron chi connectivity index (χ1n) is 2.29. The second-order valence-electron chi connectivity index (χ2n) is 1.37. The van der Waals surface area contributed by atoms with Crippen LogP contribution >= 0.6 is 0 Å². The summed E-state index contributed by atoms with van der Waals surface area (Å²) < 4.78 is 0. The van der Waals surface area contributed by atoms with Crippen molar-refractivity contribution in [3.63, 3.8) is 0 Å². The molecule has 0 aliphatic carbocycles. The molecule has 0 aromatic carbocycles. The van der Waals surface area contributed by atoms with Crippen LogP contribution in [0, 0.1) is 22.7 Å². The number of rotatable bonds is 0. The molecular weight excluding hydrogens is 134 g/mol. The van der Waals surface area contributed by atoms with Crippen LogP contribution in [0.25, 0.3) is 0 Å². The van der Waals surface area contributed by atoms with Crippen molar-refractivity contribution < 1.29 is 9.88 Å². The van der Waals surface area contributed by atoms with E-state index >= 15 is 0 Å². The Morgan fingerprint density at radius 1 is 1.40 bits per heavy atom. The predicted octanol–water partition coefficient (Wildman–Crippen LogP) is 0.235. The van der Waals surface area contributed by atoms with Crippen molar-refractivity contribution in [2.75, 3.05) is 0 Å². The van der Waals surface area contributed by atoms with E-state index in [9.17, 15) is 0 Å². The van der Waals surface area contributed by atoms with Gasteiger partial charge >= 0.3 is 0 Å². The summed E-state index contributed by atoms with van der Waals surface area (Å²) in [6, 6.07) is 3.37. The number of nitrogens with zero attached hydrogens (tertiary/aromatic N) is 3. The standard InChI is InChI=1S/C5HN3O2/c6-1-4-3-9-10-8-5(4)2-7/h3H. The fourth-order valence-electron chi connectivity index (χ4n) is 0.393. The molecule has 0 saturated carbocycles. The molecule has 0 amide bonds.